The van der Waals surface area contributed by atoms with Crippen molar-refractivity contribution in [2.45, 2.75) is 33.1 Å². The average molecular weight is 399 g/mol. The second kappa shape index (κ2) is 6.31. The molecule has 0 fully saturated rings. The van der Waals surface area contributed by atoms with Crippen LogP contribution in [0.25, 0.3) is 43.8 Å². The molecule has 6 rings (SSSR count). The Balaban J connectivity index is 1.80. The van der Waals surface area contributed by atoms with E-state index in [9.17, 15) is 0 Å². The molecule has 0 heterocycles. The number of hydrogen-bond donors (Lipinski definition) is 0. The Morgan fingerprint density at radius 3 is 2.00 bits per heavy atom. The molecule has 0 heteroatoms. The molecule has 0 amide bonds. The van der Waals surface area contributed by atoms with E-state index in [0.29, 0.717) is 0 Å². The fourth-order valence-corrected chi connectivity index (χ4v) is 5.61. The van der Waals surface area contributed by atoms with Crippen LogP contribution >= 0.6 is 0 Å². The Morgan fingerprint density at radius 2 is 1.23 bits per heavy atom. The maximum absolute atomic E-state index is 2.49. The zero-order valence-corrected chi connectivity index (χ0v) is 18.6. The van der Waals surface area contributed by atoms with Crippen LogP contribution in [0.3, 0.4) is 0 Å². The highest BCUT2D eigenvalue weighted by atomic mass is 14.4. The predicted octanol–water partition coefficient (Wildman–Crippen LogP) is 8.58. The van der Waals surface area contributed by atoms with Gasteiger partial charge in [0.25, 0.3) is 0 Å². The summed E-state index contributed by atoms with van der Waals surface area (Å²) < 4.78 is 0. The molecule has 150 valence electrons. The number of rotatable bonds is 1. The summed E-state index contributed by atoms with van der Waals surface area (Å²) in [5.74, 6) is 0. The van der Waals surface area contributed by atoms with Gasteiger partial charge in [0.15, 0.2) is 0 Å². The van der Waals surface area contributed by atoms with Crippen molar-refractivity contribution < 1.29 is 0 Å². The first-order valence-corrected chi connectivity index (χ1v) is 11.1. The number of hydrogen-bond acceptors (Lipinski definition) is 0. The lowest BCUT2D eigenvalue weighted by molar-refractivity contribution is 0.661. The molecule has 0 aliphatic heterocycles. The van der Waals surface area contributed by atoms with E-state index in [1.807, 2.05) is 0 Å². The minimum absolute atomic E-state index is 0.00418. The van der Waals surface area contributed by atoms with Crippen molar-refractivity contribution in [2.75, 3.05) is 0 Å². The van der Waals surface area contributed by atoms with Crippen LogP contribution in [0.15, 0.2) is 84.9 Å². The minimum Gasteiger partial charge on any atom is -0.0619 e. The number of benzene rings is 5. The van der Waals surface area contributed by atoms with Gasteiger partial charge in [-0.2, -0.15) is 0 Å². The van der Waals surface area contributed by atoms with Crippen LogP contribution in [-0.2, 0) is 5.41 Å². The van der Waals surface area contributed by atoms with Crippen LogP contribution in [0.5, 0.6) is 0 Å². The van der Waals surface area contributed by atoms with E-state index in [1.165, 1.54) is 66.1 Å². The van der Waals surface area contributed by atoms with Gasteiger partial charge in [-0.3, -0.25) is 0 Å². The number of fused-ring (bicyclic) bond motifs is 5. The van der Waals surface area contributed by atoms with Crippen LogP contribution in [0, 0.1) is 13.8 Å². The second-order valence-electron chi connectivity index (χ2n) is 9.53. The fourth-order valence-electron chi connectivity index (χ4n) is 5.61. The zero-order valence-electron chi connectivity index (χ0n) is 18.6. The lowest BCUT2D eigenvalue weighted by Crippen LogP contribution is -2.14. The highest BCUT2D eigenvalue weighted by Gasteiger charge is 2.35. The predicted molar refractivity (Wildman–Crippen MR) is 134 cm³/mol. The summed E-state index contributed by atoms with van der Waals surface area (Å²) >= 11 is 0. The third-order valence-electron chi connectivity index (χ3n) is 7.34. The van der Waals surface area contributed by atoms with Gasteiger partial charge in [0, 0.05) is 5.41 Å². The summed E-state index contributed by atoms with van der Waals surface area (Å²) in [4.78, 5) is 0. The maximum atomic E-state index is 2.49. The van der Waals surface area contributed by atoms with Gasteiger partial charge in [0.1, 0.15) is 0 Å². The molecule has 0 atom stereocenters. The summed E-state index contributed by atoms with van der Waals surface area (Å²) in [6.07, 6.45) is 0. The summed E-state index contributed by atoms with van der Waals surface area (Å²) in [6.45, 7) is 9.16. The second-order valence-corrected chi connectivity index (χ2v) is 9.53. The molecule has 1 aliphatic rings. The molecular weight excluding hydrogens is 372 g/mol. The van der Waals surface area contributed by atoms with Gasteiger partial charge in [0.05, 0.1) is 0 Å². The quantitative estimate of drug-likeness (QED) is 0.248. The average Bonchev–Trinajstić information content (AvgIpc) is 3.01. The zero-order chi connectivity index (χ0) is 21.3. The summed E-state index contributed by atoms with van der Waals surface area (Å²) in [7, 11) is 0. The van der Waals surface area contributed by atoms with Gasteiger partial charge in [-0.05, 0) is 86.5 Å². The SMILES string of the molecule is Cc1ccc(-c2c3ccccc3c(C)c3cc4c(cc23)C(C)(C)c2ccccc2-4)cc1. The Labute approximate surface area is 184 Å². The van der Waals surface area contributed by atoms with Gasteiger partial charge in [-0.25, -0.2) is 0 Å². The minimum atomic E-state index is 0.00418. The van der Waals surface area contributed by atoms with Crippen LogP contribution in [0.4, 0.5) is 0 Å². The van der Waals surface area contributed by atoms with Gasteiger partial charge in [-0.15, -0.1) is 0 Å². The van der Waals surface area contributed by atoms with E-state index in [4.69, 9.17) is 0 Å². The van der Waals surface area contributed by atoms with Crippen LogP contribution in [0.1, 0.15) is 36.1 Å². The van der Waals surface area contributed by atoms with Crippen molar-refractivity contribution in [1.82, 2.24) is 0 Å². The molecule has 0 saturated carbocycles. The Bertz CT molecular complexity index is 1500. The Morgan fingerprint density at radius 1 is 0.548 bits per heavy atom. The van der Waals surface area contributed by atoms with Crippen molar-refractivity contribution in [2.24, 2.45) is 0 Å². The van der Waals surface area contributed by atoms with Crippen molar-refractivity contribution >= 4 is 21.5 Å². The fraction of sp³-hybridized carbons (Fsp3) is 0.161. The van der Waals surface area contributed by atoms with E-state index >= 15 is 0 Å². The van der Waals surface area contributed by atoms with E-state index in [-0.39, 0.29) is 5.41 Å². The first kappa shape index (κ1) is 18.4. The number of aryl methyl sites for hydroxylation is 2. The van der Waals surface area contributed by atoms with E-state index in [2.05, 4.69) is 113 Å². The summed E-state index contributed by atoms with van der Waals surface area (Å²) in [6, 6.07) is 31.7. The normalized spacial score (nSPS) is 14.1. The van der Waals surface area contributed by atoms with Crippen molar-refractivity contribution in [1.29, 1.82) is 0 Å². The first-order chi connectivity index (χ1) is 15.0. The van der Waals surface area contributed by atoms with Gasteiger partial charge < -0.3 is 0 Å². The monoisotopic (exact) mass is 398 g/mol. The Kier molecular flexibility index (Phi) is 3.74. The standard InChI is InChI=1S/C31H26/c1-19-13-15-21(16-14-19)30-24-11-6-5-9-22(24)20(2)25-17-26-23-10-7-8-12-28(23)31(3,4)29(26)18-27(25)30/h5-18H,1-4H3. The molecule has 1 aliphatic carbocycles. The van der Waals surface area contributed by atoms with E-state index in [1.54, 1.807) is 0 Å². The molecule has 0 bridgehead atoms. The molecule has 0 saturated heterocycles. The van der Waals surface area contributed by atoms with Crippen molar-refractivity contribution in [3.63, 3.8) is 0 Å². The Hall–Kier alpha value is -3.38. The highest BCUT2D eigenvalue weighted by Crippen LogP contribution is 2.51. The molecule has 0 nitrogen and oxygen atoms in total. The lowest BCUT2D eigenvalue weighted by atomic mass is 9.80. The maximum Gasteiger partial charge on any atom is 0.0159 e. The molecular formula is C31H26. The molecule has 31 heavy (non-hydrogen) atoms. The topological polar surface area (TPSA) is 0 Å². The largest absolute Gasteiger partial charge is 0.0619 e. The molecule has 5 aromatic carbocycles. The lowest BCUT2D eigenvalue weighted by Gasteiger charge is -2.23. The summed E-state index contributed by atoms with van der Waals surface area (Å²) in [5.41, 5.74) is 10.9. The van der Waals surface area contributed by atoms with E-state index < -0.39 is 0 Å². The molecule has 0 aromatic heterocycles. The molecule has 0 N–H and O–H groups in total. The molecule has 0 radical (unpaired) electrons. The smallest absolute Gasteiger partial charge is 0.0159 e. The van der Waals surface area contributed by atoms with Gasteiger partial charge in [0.2, 0.25) is 0 Å². The van der Waals surface area contributed by atoms with Crippen LogP contribution < -0.4 is 0 Å². The molecule has 0 unspecified atom stereocenters. The van der Waals surface area contributed by atoms with Crippen molar-refractivity contribution in [3.8, 4) is 22.3 Å². The van der Waals surface area contributed by atoms with Gasteiger partial charge in [-0.1, -0.05) is 92.2 Å². The summed E-state index contributed by atoms with van der Waals surface area (Å²) in [5, 5.41) is 5.40. The third-order valence-corrected chi connectivity index (χ3v) is 7.34. The molecule has 5 aromatic rings. The van der Waals surface area contributed by atoms with E-state index in [0.717, 1.165) is 0 Å². The third kappa shape index (κ3) is 2.48. The highest BCUT2D eigenvalue weighted by molar-refractivity contribution is 6.16. The first-order valence-electron chi connectivity index (χ1n) is 11.1. The van der Waals surface area contributed by atoms with Crippen LogP contribution in [-0.4, -0.2) is 0 Å². The molecule has 0 spiro atoms. The van der Waals surface area contributed by atoms with Gasteiger partial charge >= 0.3 is 0 Å². The van der Waals surface area contributed by atoms with Crippen molar-refractivity contribution in [3.05, 3.63) is 107 Å². The van der Waals surface area contributed by atoms with Crippen LogP contribution in [0.2, 0.25) is 0 Å².